The van der Waals surface area contributed by atoms with E-state index in [0.717, 1.165) is 10.9 Å². The highest BCUT2D eigenvalue weighted by molar-refractivity contribution is 5.95. The van der Waals surface area contributed by atoms with Gasteiger partial charge in [-0.1, -0.05) is 36.4 Å². The van der Waals surface area contributed by atoms with E-state index in [1.807, 2.05) is 36.4 Å². The molecule has 4 heteroatoms. The van der Waals surface area contributed by atoms with Gasteiger partial charge in [0.05, 0.1) is 6.21 Å². The summed E-state index contributed by atoms with van der Waals surface area (Å²) in [7, 11) is 0. The monoisotopic (exact) mass is 289 g/mol. The van der Waals surface area contributed by atoms with E-state index in [1.54, 1.807) is 30.5 Å². The Kier molecular flexibility index (Phi) is 3.83. The number of nitrogens with zero attached hydrogens (tertiary/aromatic N) is 1. The van der Waals surface area contributed by atoms with Gasteiger partial charge < -0.3 is 5.73 Å². The topological polar surface area (TPSA) is 67.5 Å². The lowest BCUT2D eigenvalue weighted by Gasteiger charge is -2.01. The lowest BCUT2D eigenvalue weighted by Crippen LogP contribution is -2.17. The highest BCUT2D eigenvalue weighted by Gasteiger charge is 2.02. The Bertz CT molecular complexity index is 838. The third-order valence-electron chi connectivity index (χ3n) is 3.33. The van der Waals surface area contributed by atoms with Crippen LogP contribution in [0.4, 0.5) is 5.69 Å². The van der Waals surface area contributed by atoms with E-state index >= 15 is 0 Å². The number of hydrogen-bond acceptors (Lipinski definition) is 3. The summed E-state index contributed by atoms with van der Waals surface area (Å²) in [4.78, 5) is 11.9. The van der Waals surface area contributed by atoms with Gasteiger partial charge in [0, 0.05) is 11.3 Å². The van der Waals surface area contributed by atoms with Gasteiger partial charge in [-0.3, -0.25) is 4.79 Å². The first-order valence-corrected chi connectivity index (χ1v) is 6.90. The molecule has 0 aromatic heterocycles. The summed E-state index contributed by atoms with van der Waals surface area (Å²) < 4.78 is 0. The summed E-state index contributed by atoms with van der Waals surface area (Å²) in [6, 6.07) is 20.8. The van der Waals surface area contributed by atoms with Gasteiger partial charge in [0.2, 0.25) is 0 Å². The highest BCUT2D eigenvalue weighted by atomic mass is 16.2. The molecule has 0 aliphatic rings. The molecule has 0 bridgehead atoms. The normalized spacial score (nSPS) is 10.9. The van der Waals surface area contributed by atoms with E-state index in [4.69, 9.17) is 5.73 Å². The molecule has 0 aliphatic carbocycles. The molecule has 0 saturated carbocycles. The number of carbonyl (C=O) groups excluding carboxylic acids is 1. The molecule has 3 N–H and O–H groups in total. The van der Waals surface area contributed by atoms with E-state index in [9.17, 15) is 4.79 Å². The molecule has 0 saturated heterocycles. The molecule has 0 aliphatic heterocycles. The fraction of sp³-hybridized carbons (Fsp3) is 0. The van der Waals surface area contributed by atoms with Crippen molar-refractivity contribution < 1.29 is 4.79 Å². The Labute approximate surface area is 128 Å². The Morgan fingerprint density at radius 2 is 1.68 bits per heavy atom. The average molecular weight is 289 g/mol. The van der Waals surface area contributed by atoms with Crippen LogP contribution in [0.2, 0.25) is 0 Å². The second-order valence-electron chi connectivity index (χ2n) is 4.93. The van der Waals surface area contributed by atoms with Gasteiger partial charge in [-0.05, 0) is 46.7 Å². The maximum absolute atomic E-state index is 11.9. The summed E-state index contributed by atoms with van der Waals surface area (Å²) in [5.74, 6) is -0.267. The van der Waals surface area contributed by atoms with Crippen molar-refractivity contribution in [1.82, 2.24) is 5.43 Å². The molecule has 108 valence electrons. The average Bonchev–Trinajstić information content (AvgIpc) is 2.55. The van der Waals surface area contributed by atoms with Crippen LogP contribution in [-0.4, -0.2) is 12.1 Å². The standard InChI is InChI=1S/C18H15N3O/c19-17-9-7-15(8-10-17)18(22)21-20-12-13-5-6-14-3-1-2-4-16(14)11-13/h1-12H,19H2,(H,21,22)/b20-12+. The highest BCUT2D eigenvalue weighted by Crippen LogP contribution is 2.14. The first-order valence-electron chi connectivity index (χ1n) is 6.90. The van der Waals surface area contributed by atoms with Crippen molar-refractivity contribution in [3.05, 3.63) is 77.9 Å². The number of rotatable bonds is 3. The van der Waals surface area contributed by atoms with Gasteiger partial charge in [-0.15, -0.1) is 0 Å². The number of nitrogens with two attached hydrogens (primary N) is 1. The number of fused-ring (bicyclic) bond motifs is 1. The number of nitrogens with one attached hydrogen (secondary N) is 1. The van der Waals surface area contributed by atoms with E-state index in [-0.39, 0.29) is 5.91 Å². The van der Waals surface area contributed by atoms with Gasteiger partial charge in [0.15, 0.2) is 0 Å². The number of amides is 1. The van der Waals surface area contributed by atoms with Crippen LogP contribution in [0, 0.1) is 0 Å². The molecule has 4 nitrogen and oxygen atoms in total. The molecular weight excluding hydrogens is 274 g/mol. The van der Waals surface area contributed by atoms with Crippen LogP contribution in [0.3, 0.4) is 0 Å². The maximum atomic E-state index is 11.9. The predicted octanol–water partition coefficient (Wildman–Crippen LogP) is 3.19. The number of benzene rings is 3. The van der Waals surface area contributed by atoms with Crippen LogP contribution in [-0.2, 0) is 0 Å². The van der Waals surface area contributed by atoms with Crippen molar-refractivity contribution in [1.29, 1.82) is 0 Å². The van der Waals surface area contributed by atoms with Gasteiger partial charge in [-0.25, -0.2) is 5.43 Å². The lowest BCUT2D eigenvalue weighted by atomic mass is 10.1. The van der Waals surface area contributed by atoms with Crippen molar-refractivity contribution in [2.45, 2.75) is 0 Å². The minimum Gasteiger partial charge on any atom is -0.399 e. The zero-order chi connectivity index (χ0) is 15.4. The summed E-state index contributed by atoms with van der Waals surface area (Å²) >= 11 is 0. The SMILES string of the molecule is Nc1ccc(C(=O)N/N=C/c2ccc3ccccc3c2)cc1. The largest absolute Gasteiger partial charge is 0.399 e. The summed E-state index contributed by atoms with van der Waals surface area (Å²) in [5, 5.41) is 6.30. The van der Waals surface area contributed by atoms with Crippen LogP contribution < -0.4 is 11.2 Å². The fourth-order valence-corrected chi connectivity index (χ4v) is 2.15. The molecule has 0 radical (unpaired) electrons. The molecule has 0 atom stereocenters. The van der Waals surface area contributed by atoms with E-state index < -0.39 is 0 Å². The Hall–Kier alpha value is -3.14. The van der Waals surface area contributed by atoms with Crippen LogP contribution in [0.5, 0.6) is 0 Å². The van der Waals surface area contributed by atoms with Crippen LogP contribution in [0.1, 0.15) is 15.9 Å². The van der Waals surface area contributed by atoms with Gasteiger partial charge >= 0.3 is 0 Å². The molecule has 3 aromatic rings. The second-order valence-corrected chi connectivity index (χ2v) is 4.93. The molecule has 3 rings (SSSR count). The Morgan fingerprint density at radius 1 is 0.955 bits per heavy atom. The lowest BCUT2D eigenvalue weighted by molar-refractivity contribution is 0.0955. The summed E-state index contributed by atoms with van der Waals surface area (Å²) in [6.07, 6.45) is 1.63. The molecule has 3 aromatic carbocycles. The van der Waals surface area contributed by atoms with E-state index in [1.165, 1.54) is 5.39 Å². The molecule has 0 spiro atoms. The van der Waals surface area contributed by atoms with Crippen LogP contribution in [0.25, 0.3) is 10.8 Å². The van der Waals surface area contributed by atoms with Crippen molar-refractivity contribution in [3.8, 4) is 0 Å². The fourth-order valence-electron chi connectivity index (χ4n) is 2.15. The Balaban J connectivity index is 1.70. The third kappa shape index (κ3) is 3.12. The molecule has 22 heavy (non-hydrogen) atoms. The number of hydrazone groups is 1. The first-order chi connectivity index (χ1) is 10.7. The number of anilines is 1. The number of nitrogen functional groups attached to an aromatic ring is 1. The van der Waals surface area contributed by atoms with Crippen molar-refractivity contribution >= 4 is 28.6 Å². The third-order valence-corrected chi connectivity index (χ3v) is 3.33. The number of hydrogen-bond donors (Lipinski definition) is 2. The maximum Gasteiger partial charge on any atom is 0.271 e. The minimum atomic E-state index is -0.267. The minimum absolute atomic E-state index is 0.267. The molecule has 0 heterocycles. The van der Waals surface area contributed by atoms with Crippen molar-refractivity contribution in [2.75, 3.05) is 5.73 Å². The number of carbonyl (C=O) groups is 1. The molecule has 1 amide bonds. The van der Waals surface area contributed by atoms with Gasteiger partial charge in [0.25, 0.3) is 5.91 Å². The zero-order valence-electron chi connectivity index (χ0n) is 11.9. The van der Waals surface area contributed by atoms with E-state index in [2.05, 4.69) is 16.6 Å². The van der Waals surface area contributed by atoms with Gasteiger partial charge in [0.1, 0.15) is 0 Å². The summed E-state index contributed by atoms with van der Waals surface area (Å²) in [6.45, 7) is 0. The molecular formula is C18H15N3O. The van der Waals surface area contributed by atoms with Crippen molar-refractivity contribution in [2.24, 2.45) is 5.10 Å². The zero-order valence-corrected chi connectivity index (χ0v) is 11.9. The first kappa shape index (κ1) is 13.8. The van der Waals surface area contributed by atoms with E-state index in [0.29, 0.717) is 11.3 Å². The smallest absolute Gasteiger partial charge is 0.271 e. The van der Waals surface area contributed by atoms with Crippen LogP contribution >= 0.6 is 0 Å². The second kappa shape index (κ2) is 6.10. The predicted molar refractivity (Wildman–Crippen MR) is 89.9 cm³/mol. The molecule has 0 fully saturated rings. The van der Waals surface area contributed by atoms with Crippen molar-refractivity contribution in [3.63, 3.8) is 0 Å². The van der Waals surface area contributed by atoms with Gasteiger partial charge in [-0.2, -0.15) is 5.10 Å². The quantitative estimate of drug-likeness (QED) is 0.442. The molecule has 0 unspecified atom stereocenters. The summed E-state index contributed by atoms with van der Waals surface area (Å²) in [5.41, 5.74) is 10.2. The van der Waals surface area contributed by atoms with Crippen LogP contribution in [0.15, 0.2) is 71.8 Å². The Morgan fingerprint density at radius 3 is 2.45 bits per heavy atom.